The molecule has 3 heteroatoms. The Kier molecular flexibility index (Phi) is 6.48. The summed E-state index contributed by atoms with van der Waals surface area (Å²) in [7, 11) is 0. The Morgan fingerprint density at radius 1 is 1.44 bits per heavy atom. The van der Waals surface area contributed by atoms with Crippen molar-refractivity contribution >= 4 is 5.97 Å². The van der Waals surface area contributed by atoms with Crippen LogP contribution in [0, 0.1) is 16.7 Å². The number of carbonyl (C=O) groups excluding carboxylic acids is 1. The molecule has 0 aliphatic heterocycles. The molecule has 0 amide bonds. The van der Waals surface area contributed by atoms with E-state index in [1.807, 2.05) is 26.8 Å². The van der Waals surface area contributed by atoms with Crippen molar-refractivity contribution in [1.82, 2.24) is 0 Å². The van der Waals surface area contributed by atoms with E-state index < -0.39 is 11.4 Å². The van der Waals surface area contributed by atoms with E-state index in [2.05, 4.69) is 6.07 Å². The summed E-state index contributed by atoms with van der Waals surface area (Å²) >= 11 is 0. The first kappa shape index (κ1) is 14.7. The Labute approximate surface area is 98.1 Å². The summed E-state index contributed by atoms with van der Waals surface area (Å²) in [4.78, 5) is 11.9. The SMILES string of the molecule is C/C=C(/CCC)[C@](C#N)(CC)C(=O)OCC. The average Bonchev–Trinajstić information content (AvgIpc) is 2.30. The van der Waals surface area contributed by atoms with Crippen LogP contribution in [0.4, 0.5) is 0 Å². The normalized spacial score (nSPS) is 15.1. The van der Waals surface area contributed by atoms with Crippen LogP contribution in [0.2, 0.25) is 0 Å². The maximum Gasteiger partial charge on any atom is 0.330 e. The van der Waals surface area contributed by atoms with Crippen LogP contribution in [-0.2, 0) is 9.53 Å². The van der Waals surface area contributed by atoms with Crippen LogP contribution in [0.3, 0.4) is 0 Å². The van der Waals surface area contributed by atoms with Crippen LogP contribution in [0.5, 0.6) is 0 Å². The quantitative estimate of drug-likeness (QED) is 0.513. The highest BCUT2D eigenvalue weighted by atomic mass is 16.5. The lowest BCUT2D eigenvalue weighted by Gasteiger charge is -2.25. The third kappa shape index (κ3) is 2.85. The number of nitriles is 1. The molecule has 3 nitrogen and oxygen atoms in total. The number of rotatable bonds is 6. The van der Waals surface area contributed by atoms with Crippen molar-refractivity contribution in [2.45, 2.75) is 47.0 Å². The highest BCUT2D eigenvalue weighted by Crippen LogP contribution is 2.35. The Hall–Kier alpha value is -1.30. The molecule has 0 aromatic rings. The van der Waals surface area contributed by atoms with Crippen LogP contribution < -0.4 is 0 Å². The highest BCUT2D eigenvalue weighted by Gasteiger charge is 2.41. The smallest absolute Gasteiger partial charge is 0.330 e. The molecule has 0 saturated heterocycles. The molecule has 90 valence electrons. The summed E-state index contributed by atoms with van der Waals surface area (Å²) in [6.07, 6.45) is 4.01. The van der Waals surface area contributed by atoms with E-state index in [0.717, 1.165) is 18.4 Å². The molecule has 0 rings (SSSR count). The number of nitrogens with zero attached hydrogens (tertiary/aromatic N) is 1. The van der Waals surface area contributed by atoms with Gasteiger partial charge in [-0.25, -0.2) is 4.79 Å². The van der Waals surface area contributed by atoms with Gasteiger partial charge in [0, 0.05) is 0 Å². The zero-order valence-corrected chi connectivity index (χ0v) is 10.7. The number of carbonyl (C=O) groups is 1. The standard InChI is InChI=1S/C13H21NO2/c1-5-9-11(6-2)13(7-3,10-14)12(15)16-8-4/h6H,5,7-9H2,1-4H3/b11-6-/t13-/m1/s1. The van der Waals surface area contributed by atoms with Crippen LogP contribution >= 0.6 is 0 Å². The minimum atomic E-state index is -1.08. The number of esters is 1. The lowest BCUT2D eigenvalue weighted by molar-refractivity contribution is -0.150. The maximum absolute atomic E-state index is 11.9. The largest absolute Gasteiger partial charge is 0.465 e. The molecule has 0 aromatic carbocycles. The lowest BCUT2D eigenvalue weighted by atomic mass is 9.77. The van der Waals surface area contributed by atoms with E-state index in [-0.39, 0.29) is 0 Å². The van der Waals surface area contributed by atoms with Crippen molar-refractivity contribution in [3.05, 3.63) is 11.6 Å². The predicted octanol–water partition coefficient (Wildman–Crippen LogP) is 3.22. The van der Waals surface area contributed by atoms with E-state index in [0.29, 0.717) is 13.0 Å². The van der Waals surface area contributed by atoms with Crippen LogP contribution in [0.25, 0.3) is 0 Å². The van der Waals surface area contributed by atoms with Gasteiger partial charge in [-0.15, -0.1) is 0 Å². The van der Waals surface area contributed by atoms with Crippen molar-refractivity contribution in [2.75, 3.05) is 6.61 Å². The molecular weight excluding hydrogens is 202 g/mol. The van der Waals surface area contributed by atoms with E-state index >= 15 is 0 Å². The van der Waals surface area contributed by atoms with E-state index in [9.17, 15) is 10.1 Å². The van der Waals surface area contributed by atoms with Gasteiger partial charge < -0.3 is 4.74 Å². The molecule has 0 heterocycles. The van der Waals surface area contributed by atoms with E-state index in [1.165, 1.54) is 0 Å². The lowest BCUT2D eigenvalue weighted by Crippen LogP contribution is -2.33. The molecule has 0 bridgehead atoms. The maximum atomic E-state index is 11.9. The van der Waals surface area contributed by atoms with Gasteiger partial charge in [0.1, 0.15) is 0 Å². The van der Waals surface area contributed by atoms with Gasteiger partial charge in [-0.2, -0.15) is 5.26 Å². The third-order valence-electron chi connectivity index (χ3n) is 2.76. The molecule has 0 saturated carbocycles. The Morgan fingerprint density at radius 3 is 2.38 bits per heavy atom. The predicted molar refractivity (Wildman–Crippen MR) is 63.6 cm³/mol. The van der Waals surface area contributed by atoms with E-state index in [4.69, 9.17) is 4.74 Å². The van der Waals surface area contributed by atoms with Gasteiger partial charge in [-0.05, 0) is 32.3 Å². The second-order valence-corrected chi connectivity index (χ2v) is 3.66. The van der Waals surface area contributed by atoms with Crippen LogP contribution in [-0.4, -0.2) is 12.6 Å². The molecular formula is C13H21NO2. The molecule has 0 unspecified atom stereocenters. The Morgan fingerprint density at radius 2 is 2.06 bits per heavy atom. The summed E-state index contributed by atoms with van der Waals surface area (Å²) < 4.78 is 5.02. The number of allylic oxidation sites excluding steroid dienone is 1. The summed E-state index contributed by atoms with van der Waals surface area (Å²) in [5.41, 5.74) is -0.209. The fourth-order valence-electron chi connectivity index (χ4n) is 1.83. The molecule has 16 heavy (non-hydrogen) atoms. The Balaban J connectivity index is 5.24. The topological polar surface area (TPSA) is 50.1 Å². The molecule has 0 aliphatic carbocycles. The van der Waals surface area contributed by atoms with E-state index in [1.54, 1.807) is 6.92 Å². The molecule has 0 radical (unpaired) electrons. The summed E-state index contributed by atoms with van der Waals surface area (Å²) in [6, 6.07) is 2.14. The molecule has 0 spiro atoms. The first-order chi connectivity index (χ1) is 7.62. The summed E-state index contributed by atoms with van der Waals surface area (Å²) in [5, 5.41) is 9.31. The number of hydrogen-bond acceptors (Lipinski definition) is 3. The second kappa shape index (κ2) is 7.05. The van der Waals surface area contributed by atoms with Gasteiger partial charge in [0.25, 0.3) is 0 Å². The second-order valence-electron chi connectivity index (χ2n) is 3.66. The molecule has 0 N–H and O–H groups in total. The number of hydrogen-bond donors (Lipinski definition) is 0. The number of ether oxygens (including phenoxy) is 1. The summed E-state index contributed by atoms with van der Waals surface area (Å²) in [6.45, 7) is 7.81. The van der Waals surface area contributed by atoms with Crippen molar-refractivity contribution in [2.24, 2.45) is 5.41 Å². The van der Waals surface area contributed by atoms with Gasteiger partial charge in [-0.3, -0.25) is 0 Å². The summed E-state index contributed by atoms with van der Waals surface area (Å²) in [5.74, 6) is -0.415. The van der Waals surface area contributed by atoms with Gasteiger partial charge in [-0.1, -0.05) is 26.3 Å². The molecule has 0 aromatic heterocycles. The van der Waals surface area contributed by atoms with Crippen molar-refractivity contribution in [3.63, 3.8) is 0 Å². The molecule has 0 fully saturated rings. The Bertz CT molecular complexity index is 302. The zero-order chi connectivity index (χ0) is 12.6. The van der Waals surface area contributed by atoms with Crippen molar-refractivity contribution in [1.29, 1.82) is 5.26 Å². The van der Waals surface area contributed by atoms with Crippen LogP contribution in [0.15, 0.2) is 11.6 Å². The van der Waals surface area contributed by atoms with Gasteiger partial charge >= 0.3 is 5.97 Å². The van der Waals surface area contributed by atoms with Crippen LogP contribution in [0.1, 0.15) is 47.0 Å². The van der Waals surface area contributed by atoms with Crippen molar-refractivity contribution in [3.8, 4) is 6.07 Å². The minimum Gasteiger partial charge on any atom is -0.465 e. The molecule has 0 aliphatic rings. The van der Waals surface area contributed by atoms with Gasteiger partial charge in [0.15, 0.2) is 5.41 Å². The monoisotopic (exact) mass is 223 g/mol. The van der Waals surface area contributed by atoms with Gasteiger partial charge in [0.05, 0.1) is 12.7 Å². The average molecular weight is 223 g/mol. The fourth-order valence-corrected chi connectivity index (χ4v) is 1.83. The zero-order valence-electron chi connectivity index (χ0n) is 10.7. The first-order valence-electron chi connectivity index (χ1n) is 5.86. The minimum absolute atomic E-state index is 0.311. The van der Waals surface area contributed by atoms with Crippen molar-refractivity contribution < 1.29 is 9.53 Å². The first-order valence-corrected chi connectivity index (χ1v) is 5.86. The van der Waals surface area contributed by atoms with Gasteiger partial charge in [0.2, 0.25) is 0 Å². The molecule has 1 atom stereocenters. The third-order valence-corrected chi connectivity index (χ3v) is 2.76. The highest BCUT2D eigenvalue weighted by molar-refractivity contribution is 5.84. The fraction of sp³-hybridized carbons (Fsp3) is 0.692.